The lowest BCUT2D eigenvalue weighted by molar-refractivity contribution is -0.153. The van der Waals surface area contributed by atoms with Gasteiger partial charge in [0.05, 0.1) is 11.1 Å². The first kappa shape index (κ1) is 16.4. The molecule has 0 aliphatic carbocycles. The van der Waals surface area contributed by atoms with Crippen LogP contribution in [0.15, 0.2) is 34.7 Å². The summed E-state index contributed by atoms with van der Waals surface area (Å²) in [5, 5.41) is -1.42. The summed E-state index contributed by atoms with van der Waals surface area (Å²) in [5.41, 5.74) is -2.28. The maximum Gasteiger partial charge on any atom is 0.450 e. The van der Waals surface area contributed by atoms with Crippen molar-refractivity contribution in [3.63, 3.8) is 0 Å². The highest BCUT2D eigenvalue weighted by atomic mass is 35.5. The predicted octanol–water partition coefficient (Wildman–Crippen LogP) is 5.36. The lowest BCUT2D eigenvalue weighted by Crippen LogP contribution is -2.07. The Morgan fingerprint density at radius 2 is 1.64 bits per heavy atom. The van der Waals surface area contributed by atoms with E-state index in [4.69, 9.17) is 11.6 Å². The predicted molar refractivity (Wildman–Crippen MR) is 64.3 cm³/mol. The molecule has 0 unspecified atom stereocenters. The molecule has 0 bridgehead atoms. The minimum atomic E-state index is -5.00. The molecule has 2 aromatic rings. The van der Waals surface area contributed by atoms with E-state index in [1.165, 1.54) is 0 Å². The Kier molecular flexibility index (Phi) is 3.99. The van der Waals surface area contributed by atoms with E-state index in [0.717, 1.165) is 18.2 Å². The zero-order chi connectivity index (χ0) is 16.7. The van der Waals surface area contributed by atoms with E-state index in [1.54, 1.807) is 0 Å². The smallest absolute Gasteiger partial charge is 0.450 e. The quantitative estimate of drug-likeness (QED) is 0.543. The lowest BCUT2D eigenvalue weighted by Gasteiger charge is -2.07. The molecule has 1 heterocycles. The zero-order valence-electron chi connectivity index (χ0n) is 10.3. The molecule has 0 radical (unpaired) electrons. The Bertz CT molecular complexity index is 714. The largest absolute Gasteiger partial charge is 0.451 e. The second-order valence-corrected chi connectivity index (χ2v) is 4.55. The second kappa shape index (κ2) is 5.35. The van der Waals surface area contributed by atoms with Gasteiger partial charge in [-0.3, -0.25) is 4.79 Å². The topological polar surface area (TPSA) is 30.2 Å². The van der Waals surface area contributed by atoms with Crippen LogP contribution in [0.25, 0.3) is 11.3 Å². The van der Waals surface area contributed by atoms with Gasteiger partial charge in [-0.2, -0.15) is 26.3 Å². The molecule has 9 heteroatoms. The lowest BCUT2D eigenvalue weighted by atomic mass is 10.1. The molecule has 118 valence electrons. The summed E-state index contributed by atoms with van der Waals surface area (Å²) in [5.74, 6) is -2.19. The highest BCUT2D eigenvalue weighted by Gasteiger charge is 2.40. The number of hydrogen-bond donors (Lipinski definition) is 0. The summed E-state index contributed by atoms with van der Waals surface area (Å²) < 4.78 is 80.5. The Morgan fingerprint density at radius 1 is 1.00 bits per heavy atom. The molecule has 0 spiro atoms. The third-order valence-corrected chi connectivity index (χ3v) is 2.88. The van der Waals surface area contributed by atoms with E-state index in [2.05, 4.69) is 4.42 Å². The maximum absolute atomic E-state index is 12.7. The molecule has 22 heavy (non-hydrogen) atoms. The van der Waals surface area contributed by atoms with Gasteiger partial charge in [0.15, 0.2) is 0 Å². The van der Waals surface area contributed by atoms with Crippen molar-refractivity contribution >= 4 is 16.8 Å². The van der Waals surface area contributed by atoms with Crippen molar-refractivity contribution in [3.05, 3.63) is 47.2 Å². The van der Waals surface area contributed by atoms with Crippen molar-refractivity contribution in [2.24, 2.45) is 0 Å². The van der Waals surface area contributed by atoms with Crippen LogP contribution in [0, 0.1) is 0 Å². The van der Waals surface area contributed by atoms with Gasteiger partial charge in [0, 0.05) is 5.56 Å². The van der Waals surface area contributed by atoms with Crippen molar-refractivity contribution in [2.45, 2.75) is 12.4 Å². The summed E-state index contributed by atoms with van der Waals surface area (Å²) >= 11 is 5.04. The number of benzene rings is 1. The number of furan rings is 1. The first-order chi connectivity index (χ1) is 10.00. The summed E-state index contributed by atoms with van der Waals surface area (Å²) in [6, 6.07) is 4.16. The summed E-state index contributed by atoms with van der Waals surface area (Å²) in [6.07, 6.45) is -9.67. The van der Waals surface area contributed by atoms with Gasteiger partial charge < -0.3 is 4.42 Å². The third-order valence-electron chi connectivity index (χ3n) is 2.68. The number of carbonyl (C=O) groups excluding carboxylic acids is 1. The highest BCUT2D eigenvalue weighted by Crippen LogP contribution is 2.39. The molecule has 2 nitrogen and oxygen atoms in total. The minimum absolute atomic E-state index is 0.260. The number of hydrogen-bond acceptors (Lipinski definition) is 2. The van der Waals surface area contributed by atoms with Gasteiger partial charge in [0.25, 0.3) is 5.24 Å². The van der Waals surface area contributed by atoms with Crippen molar-refractivity contribution in [1.29, 1.82) is 0 Å². The molecule has 0 aliphatic heterocycles. The molecular formula is C13H5ClF6O2. The van der Waals surface area contributed by atoms with Crippen molar-refractivity contribution in [2.75, 3.05) is 0 Å². The normalized spacial score (nSPS) is 12.5. The van der Waals surface area contributed by atoms with E-state index in [9.17, 15) is 31.1 Å². The van der Waals surface area contributed by atoms with Gasteiger partial charge in [0.2, 0.25) is 5.76 Å². The first-order valence-corrected chi connectivity index (χ1v) is 5.96. The molecule has 2 rings (SSSR count). The molecule has 1 aromatic heterocycles. The monoisotopic (exact) mass is 342 g/mol. The van der Waals surface area contributed by atoms with Crippen LogP contribution >= 0.6 is 11.6 Å². The molecule has 0 saturated carbocycles. The average molecular weight is 343 g/mol. The van der Waals surface area contributed by atoms with E-state index in [-0.39, 0.29) is 5.56 Å². The minimum Gasteiger partial charge on any atom is -0.451 e. The summed E-state index contributed by atoms with van der Waals surface area (Å²) in [4.78, 5) is 11.0. The molecule has 0 amide bonds. The molecule has 0 fully saturated rings. The fourth-order valence-corrected chi connectivity index (χ4v) is 1.88. The molecule has 0 aliphatic rings. The van der Waals surface area contributed by atoms with Gasteiger partial charge in [-0.1, -0.05) is 12.1 Å². The Morgan fingerprint density at radius 3 is 2.09 bits per heavy atom. The van der Waals surface area contributed by atoms with Crippen LogP contribution in [-0.2, 0) is 12.4 Å². The summed E-state index contributed by atoms with van der Waals surface area (Å²) in [7, 11) is 0. The fraction of sp³-hybridized carbons (Fsp3) is 0.154. The molecule has 1 aromatic carbocycles. The van der Waals surface area contributed by atoms with E-state index in [0.29, 0.717) is 12.1 Å². The van der Waals surface area contributed by atoms with Gasteiger partial charge >= 0.3 is 12.4 Å². The fourth-order valence-electron chi connectivity index (χ4n) is 1.74. The highest BCUT2D eigenvalue weighted by molar-refractivity contribution is 6.68. The number of halogens is 7. The Balaban J connectivity index is 2.57. The standard InChI is InChI=1S/C13H5ClF6O2/c14-11(21)8-5-9(22-10(8)13(18,19)20)6-2-1-3-7(4-6)12(15,16)17/h1-5H. The summed E-state index contributed by atoms with van der Waals surface area (Å²) in [6.45, 7) is 0. The Hall–Kier alpha value is -1.96. The Labute approximate surface area is 124 Å². The average Bonchev–Trinajstić information content (AvgIpc) is 2.83. The third kappa shape index (κ3) is 3.27. The van der Waals surface area contributed by atoms with Crippen LogP contribution in [0.3, 0.4) is 0 Å². The zero-order valence-corrected chi connectivity index (χ0v) is 11.1. The molecule has 0 saturated heterocycles. The maximum atomic E-state index is 12.7. The number of alkyl halides is 6. The molecule has 0 N–H and O–H groups in total. The van der Waals surface area contributed by atoms with Gasteiger partial charge in [-0.15, -0.1) is 0 Å². The first-order valence-electron chi connectivity index (χ1n) is 5.58. The van der Waals surface area contributed by atoms with Crippen LogP contribution in [0.1, 0.15) is 21.7 Å². The SMILES string of the molecule is O=C(Cl)c1cc(-c2cccc(C(F)(F)F)c2)oc1C(F)(F)F. The van der Waals surface area contributed by atoms with Crippen LogP contribution < -0.4 is 0 Å². The van der Waals surface area contributed by atoms with E-state index >= 15 is 0 Å². The van der Waals surface area contributed by atoms with E-state index < -0.39 is 40.2 Å². The van der Waals surface area contributed by atoms with Crippen LogP contribution in [0.4, 0.5) is 26.3 Å². The van der Waals surface area contributed by atoms with Gasteiger partial charge in [-0.25, -0.2) is 0 Å². The van der Waals surface area contributed by atoms with Gasteiger partial charge in [0.1, 0.15) is 5.76 Å². The van der Waals surface area contributed by atoms with Crippen LogP contribution in [0.2, 0.25) is 0 Å². The molecular weight excluding hydrogens is 338 g/mol. The van der Waals surface area contributed by atoms with Crippen molar-refractivity contribution in [1.82, 2.24) is 0 Å². The van der Waals surface area contributed by atoms with Gasteiger partial charge in [-0.05, 0) is 29.8 Å². The number of carbonyl (C=O) groups is 1. The van der Waals surface area contributed by atoms with Crippen molar-refractivity contribution < 1.29 is 35.6 Å². The second-order valence-electron chi connectivity index (χ2n) is 4.20. The van der Waals surface area contributed by atoms with E-state index in [1.807, 2.05) is 0 Å². The van der Waals surface area contributed by atoms with Crippen LogP contribution in [-0.4, -0.2) is 5.24 Å². The van der Waals surface area contributed by atoms with Crippen LogP contribution in [0.5, 0.6) is 0 Å². The van der Waals surface area contributed by atoms with Crippen molar-refractivity contribution in [3.8, 4) is 11.3 Å². The molecule has 0 atom stereocenters. The number of rotatable bonds is 2.